The van der Waals surface area contributed by atoms with E-state index in [1.54, 1.807) is 6.08 Å². The van der Waals surface area contributed by atoms with E-state index in [2.05, 4.69) is 56.5 Å². The van der Waals surface area contributed by atoms with E-state index in [1.807, 2.05) is 60.8 Å². The highest BCUT2D eigenvalue weighted by Crippen LogP contribution is 2.26. The molecule has 1 amide bonds. The summed E-state index contributed by atoms with van der Waals surface area (Å²) in [5.74, 6) is -1.28. The van der Waals surface area contributed by atoms with Crippen LogP contribution in [0.25, 0.3) is 0 Å². The van der Waals surface area contributed by atoms with Crippen LogP contribution >= 0.6 is 0 Å². The number of esters is 1. The number of allylic oxidation sites excluding steroid dienone is 15. The Morgan fingerprint density at radius 2 is 1.06 bits per heavy atom. The number of unbranched alkanes of at least 4 members (excludes halogenated alkanes) is 22. The lowest BCUT2D eigenvalue weighted by Gasteiger charge is -2.41. The molecule has 0 spiro atoms. The normalized spacial score (nSPS) is 20.2. The average molecular weight is 1010 g/mol. The summed E-state index contributed by atoms with van der Waals surface area (Å²) < 4.78 is 17.5. The molecule has 1 fully saturated rings. The minimum absolute atomic E-state index is 0.0224. The molecule has 11 heteroatoms. The van der Waals surface area contributed by atoms with Gasteiger partial charge in [-0.25, -0.2) is 0 Å². The smallest absolute Gasteiger partial charge is 0.306 e. The molecule has 8 unspecified atom stereocenters. The van der Waals surface area contributed by atoms with Crippen LogP contribution in [0.4, 0.5) is 0 Å². The summed E-state index contributed by atoms with van der Waals surface area (Å²) in [5.41, 5.74) is 0. The van der Waals surface area contributed by atoms with Crippen molar-refractivity contribution in [3.63, 3.8) is 0 Å². The van der Waals surface area contributed by atoms with Crippen LogP contribution in [0.5, 0.6) is 0 Å². The third kappa shape index (κ3) is 36.5. The molecule has 0 aromatic heterocycles. The Labute approximate surface area is 437 Å². The number of ether oxygens (including phenoxy) is 3. The Kier molecular flexibility index (Phi) is 44.9. The topological polar surface area (TPSA) is 175 Å². The minimum Gasteiger partial charge on any atom is -0.454 e. The van der Waals surface area contributed by atoms with Gasteiger partial charge in [-0.2, -0.15) is 0 Å². The van der Waals surface area contributed by atoms with Crippen LogP contribution in [0.2, 0.25) is 0 Å². The number of nitrogens with one attached hydrogen (secondary N) is 1. The lowest BCUT2D eigenvalue weighted by atomic mass is 9.99. The lowest BCUT2D eigenvalue weighted by molar-refractivity contribution is -0.305. The fraction of sp³-hybridized carbons (Fsp3) is 0.705. The number of amides is 1. The van der Waals surface area contributed by atoms with Gasteiger partial charge in [-0.05, 0) is 70.6 Å². The highest BCUT2D eigenvalue weighted by atomic mass is 16.7. The Balaban J connectivity index is 2.77. The molecule has 1 aliphatic heterocycles. The zero-order valence-electron chi connectivity index (χ0n) is 45.3. The van der Waals surface area contributed by atoms with Crippen molar-refractivity contribution in [1.29, 1.82) is 0 Å². The van der Waals surface area contributed by atoms with Gasteiger partial charge in [0.15, 0.2) is 12.4 Å². The van der Waals surface area contributed by atoms with Gasteiger partial charge >= 0.3 is 5.97 Å². The summed E-state index contributed by atoms with van der Waals surface area (Å²) in [5, 5.41) is 56.7. The maximum absolute atomic E-state index is 13.4. The van der Waals surface area contributed by atoms with Gasteiger partial charge < -0.3 is 45.1 Å². The predicted molar refractivity (Wildman–Crippen MR) is 296 cm³/mol. The van der Waals surface area contributed by atoms with Gasteiger partial charge in [-0.15, -0.1) is 0 Å². The van der Waals surface area contributed by atoms with E-state index < -0.39 is 67.4 Å². The third-order valence-corrected chi connectivity index (χ3v) is 12.8. The quantitative estimate of drug-likeness (QED) is 0.0149. The number of hydrogen-bond donors (Lipinski definition) is 6. The van der Waals surface area contributed by atoms with Crippen molar-refractivity contribution >= 4 is 11.9 Å². The van der Waals surface area contributed by atoms with E-state index in [0.29, 0.717) is 19.3 Å². The van der Waals surface area contributed by atoms with Gasteiger partial charge in [0.2, 0.25) is 5.91 Å². The zero-order valence-corrected chi connectivity index (χ0v) is 45.3. The Hall–Kier alpha value is -3.42. The number of aliphatic hydroxyl groups is 5. The molecule has 1 heterocycles. The molecule has 0 saturated carbocycles. The molecule has 6 N–H and O–H groups in total. The number of carbonyl (C=O) groups excluding carboxylic acids is 2. The van der Waals surface area contributed by atoms with Crippen LogP contribution in [0.3, 0.4) is 0 Å². The molecule has 412 valence electrons. The maximum Gasteiger partial charge on any atom is 0.306 e. The first kappa shape index (κ1) is 66.6. The number of hydrogen-bond acceptors (Lipinski definition) is 10. The minimum atomic E-state index is -1.65. The number of carbonyl (C=O) groups is 2. The van der Waals surface area contributed by atoms with Crippen molar-refractivity contribution in [1.82, 2.24) is 5.32 Å². The Morgan fingerprint density at radius 3 is 1.62 bits per heavy atom. The second-order valence-electron chi connectivity index (χ2n) is 19.4. The monoisotopic (exact) mass is 1010 g/mol. The molecule has 0 aromatic rings. The van der Waals surface area contributed by atoms with Crippen molar-refractivity contribution in [2.24, 2.45) is 0 Å². The van der Waals surface area contributed by atoms with E-state index in [4.69, 9.17) is 14.2 Å². The van der Waals surface area contributed by atoms with Gasteiger partial charge in [0, 0.05) is 6.42 Å². The summed E-state index contributed by atoms with van der Waals surface area (Å²) in [7, 11) is 0. The highest BCUT2D eigenvalue weighted by Gasteiger charge is 2.47. The molecular formula is C61H103NO10. The first-order chi connectivity index (χ1) is 35.2. The first-order valence-corrected chi connectivity index (χ1v) is 28.6. The van der Waals surface area contributed by atoms with Gasteiger partial charge in [-0.1, -0.05) is 234 Å². The molecule has 0 aromatic carbocycles. The van der Waals surface area contributed by atoms with Gasteiger partial charge in [0.05, 0.1) is 25.4 Å². The zero-order chi connectivity index (χ0) is 52.5. The van der Waals surface area contributed by atoms with Crippen LogP contribution in [0.15, 0.2) is 97.2 Å². The second kappa shape index (κ2) is 48.5. The van der Waals surface area contributed by atoms with Crippen LogP contribution in [0, 0.1) is 0 Å². The number of aliphatic hydroxyl groups excluding tert-OH is 5. The molecular weight excluding hydrogens is 907 g/mol. The van der Waals surface area contributed by atoms with E-state index in [0.717, 1.165) is 64.2 Å². The van der Waals surface area contributed by atoms with Crippen molar-refractivity contribution < 1.29 is 49.3 Å². The SMILES string of the molecule is CC/C=C/C=C/C=C\C=C/C=C/CCCC(=O)OC1C(OCC(NC(=O)C(O)CCCCCCCCCC/C=C\C/C=C\CCCCC)C(O)/C=C/CCCCCCCCCCCC)OC(CO)C(O)C1O. The Bertz CT molecular complexity index is 1530. The highest BCUT2D eigenvalue weighted by molar-refractivity contribution is 5.80. The van der Waals surface area contributed by atoms with Gasteiger partial charge in [0.25, 0.3) is 0 Å². The molecule has 0 radical (unpaired) electrons. The maximum atomic E-state index is 13.4. The molecule has 0 aliphatic carbocycles. The first-order valence-electron chi connectivity index (χ1n) is 28.6. The average Bonchev–Trinajstić information content (AvgIpc) is 3.38. The molecule has 1 saturated heterocycles. The molecule has 0 bridgehead atoms. The van der Waals surface area contributed by atoms with E-state index in [9.17, 15) is 35.1 Å². The van der Waals surface area contributed by atoms with Gasteiger partial charge in [0.1, 0.15) is 24.4 Å². The van der Waals surface area contributed by atoms with Crippen molar-refractivity contribution in [3.8, 4) is 0 Å². The summed E-state index contributed by atoms with van der Waals surface area (Å²) in [6.45, 7) is 5.55. The van der Waals surface area contributed by atoms with E-state index in [1.165, 1.54) is 96.3 Å². The summed E-state index contributed by atoms with van der Waals surface area (Å²) in [6, 6.07) is -1.05. The molecule has 1 aliphatic rings. The Morgan fingerprint density at radius 1 is 0.569 bits per heavy atom. The third-order valence-electron chi connectivity index (χ3n) is 12.8. The summed E-state index contributed by atoms with van der Waals surface area (Å²) in [6.07, 6.45) is 53.2. The van der Waals surface area contributed by atoms with E-state index in [-0.39, 0.29) is 19.4 Å². The van der Waals surface area contributed by atoms with Crippen molar-refractivity contribution in [3.05, 3.63) is 97.2 Å². The summed E-state index contributed by atoms with van der Waals surface area (Å²) >= 11 is 0. The number of rotatable bonds is 46. The molecule has 1 rings (SSSR count). The largest absolute Gasteiger partial charge is 0.454 e. The fourth-order valence-corrected chi connectivity index (χ4v) is 8.30. The van der Waals surface area contributed by atoms with Crippen LogP contribution in [0.1, 0.15) is 213 Å². The van der Waals surface area contributed by atoms with Crippen molar-refractivity contribution in [2.75, 3.05) is 13.2 Å². The molecule has 72 heavy (non-hydrogen) atoms. The fourth-order valence-electron chi connectivity index (χ4n) is 8.30. The van der Waals surface area contributed by atoms with Crippen LogP contribution < -0.4 is 5.32 Å². The van der Waals surface area contributed by atoms with Crippen molar-refractivity contribution in [2.45, 2.75) is 262 Å². The van der Waals surface area contributed by atoms with Gasteiger partial charge in [-0.3, -0.25) is 9.59 Å². The predicted octanol–water partition coefficient (Wildman–Crippen LogP) is 12.8. The standard InChI is InChI=1S/C61H103NO10/c1-4-7-10-13-16-19-22-25-26-27-28-29-31-33-36-39-42-45-48-54(65)60(69)62-52(53(64)47-44-41-38-35-32-24-21-18-15-12-9-6-3)51-70-61-59(58(68)57(67)55(50-63)71-61)72-56(66)49-46-43-40-37-34-30-23-20-17-14-11-8-5-2/h8,11,14,16-17,19-20,23,25-26,30,34,37,40,44,47,52-55,57-59,61,63-65,67-68H,4-7,9-10,12-13,15,18,21-22,24,27-29,31-33,35-36,38-39,41-43,45-46,48-51H2,1-3H3,(H,62,69)/b11-8+,17-14+,19-16-,23-20-,26-25-,34-30-,40-37+,47-44+. The second-order valence-corrected chi connectivity index (χ2v) is 19.4. The van der Waals surface area contributed by atoms with Crippen LogP contribution in [-0.4, -0.2) is 99.6 Å². The van der Waals surface area contributed by atoms with E-state index >= 15 is 0 Å². The summed E-state index contributed by atoms with van der Waals surface area (Å²) in [4.78, 5) is 26.4. The molecule has 8 atom stereocenters. The molecule has 11 nitrogen and oxygen atoms in total. The lowest BCUT2D eigenvalue weighted by Crippen LogP contribution is -2.61. The van der Waals surface area contributed by atoms with Crippen LogP contribution in [-0.2, 0) is 23.8 Å².